The van der Waals surface area contributed by atoms with Gasteiger partial charge in [0.25, 0.3) is 0 Å². The van der Waals surface area contributed by atoms with Crippen LogP contribution in [-0.4, -0.2) is 40.5 Å². The van der Waals surface area contributed by atoms with Crippen LogP contribution in [0, 0.1) is 26.7 Å². The van der Waals surface area contributed by atoms with Crippen LogP contribution >= 0.6 is 0 Å². The summed E-state index contributed by atoms with van der Waals surface area (Å²) in [5, 5.41) is 6.21. The van der Waals surface area contributed by atoms with E-state index < -0.39 is 10.0 Å². The second-order valence-electron chi connectivity index (χ2n) is 6.89. The second kappa shape index (κ2) is 8.78. The Bertz CT molecular complexity index is 687. The molecule has 0 saturated carbocycles. The number of amides is 1. The van der Waals surface area contributed by atoms with Gasteiger partial charge in [-0.2, -0.15) is 0 Å². The Hall–Kier alpha value is -1.44. The van der Waals surface area contributed by atoms with E-state index in [1.54, 1.807) is 13.8 Å². The maximum absolute atomic E-state index is 12.5. The lowest BCUT2D eigenvalue weighted by Gasteiger charge is -2.22. The van der Waals surface area contributed by atoms with E-state index >= 15 is 0 Å². The maximum atomic E-state index is 12.5. The quantitative estimate of drug-likeness (QED) is 0.680. The van der Waals surface area contributed by atoms with Crippen LogP contribution in [-0.2, 0) is 14.8 Å². The van der Waals surface area contributed by atoms with E-state index in [0.29, 0.717) is 17.4 Å². The van der Waals surface area contributed by atoms with Crippen molar-refractivity contribution in [1.29, 1.82) is 0 Å². The average molecular weight is 368 g/mol. The van der Waals surface area contributed by atoms with Gasteiger partial charge < -0.3 is 10.6 Å². The molecule has 3 N–H and O–H groups in total. The first-order valence-corrected chi connectivity index (χ1v) is 10.3. The summed E-state index contributed by atoms with van der Waals surface area (Å²) in [6.45, 7) is 8.25. The monoisotopic (exact) mass is 367 g/mol. The number of aryl methyl sites for hydroxylation is 3. The number of carbonyl (C=O) groups is 1. The minimum absolute atomic E-state index is 0.101. The summed E-state index contributed by atoms with van der Waals surface area (Å²) in [4.78, 5) is 12.2. The van der Waals surface area contributed by atoms with Crippen LogP contribution in [0.2, 0.25) is 0 Å². The van der Waals surface area contributed by atoms with Crippen LogP contribution in [0.4, 0.5) is 0 Å². The largest absolute Gasteiger partial charge is 0.356 e. The Labute approximate surface area is 150 Å². The molecule has 1 amide bonds. The van der Waals surface area contributed by atoms with E-state index in [2.05, 4.69) is 15.4 Å². The van der Waals surface area contributed by atoms with Crippen molar-refractivity contribution in [3.05, 3.63) is 28.8 Å². The van der Waals surface area contributed by atoms with Crippen LogP contribution in [0.25, 0.3) is 0 Å². The minimum atomic E-state index is -3.61. The highest BCUT2D eigenvalue weighted by molar-refractivity contribution is 7.89. The van der Waals surface area contributed by atoms with E-state index in [0.717, 1.165) is 42.6 Å². The Morgan fingerprint density at radius 1 is 1.24 bits per heavy atom. The third kappa shape index (κ3) is 5.80. The third-order valence-corrected chi connectivity index (χ3v) is 6.27. The first-order chi connectivity index (χ1) is 11.8. The number of benzene rings is 1. The van der Waals surface area contributed by atoms with Gasteiger partial charge >= 0.3 is 0 Å². The molecular weight excluding hydrogens is 338 g/mol. The number of piperidine rings is 1. The van der Waals surface area contributed by atoms with Crippen molar-refractivity contribution < 1.29 is 13.2 Å². The molecule has 25 heavy (non-hydrogen) atoms. The van der Waals surface area contributed by atoms with E-state index in [4.69, 9.17) is 0 Å². The molecule has 1 unspecified atom stereocenters. The van der Waals surface area contributed by atoms with Gasteiger partial charge in [-0.15, -0.1) is 0 Å². The molecule has 1 aromatic carbocycles. The summed E-state index contributed by atoms with van der Waals surface area (Å²) in [5.74, 6) is 0.345. The van der Waals surface area contributed by atoms with E-state index in [1.807, 2.05) is 19.1 Å². The van der Waals surface area contributed by atoms with Crippen molar-refractivity contribution in [2.24, 2.45) is 5.92 Å². The van der Waals surface area contributed by atoms with Gasteiger partial charge in [-0.05, 0) is 63.7 Å². The molecule has 1 fully saturated rings. The fourth-order valence-corrected chi connectivity index (χ4v) is 4.89. The lowest BCUT2D eigenvalue weighted by Crippen LogP contribution is -2.39. The standard InChI is InChI=1S/C18H29N3O3S/c1-13-9-14(2)18(15(3)10-13)25(23,24)21-8-6-17(22)20-12-16-5-4-7-19-11-16/h9-10,16,19,21H,4-8,11-12H2,1-3H3,(H,20,22). The molecule has 6 nitrogen and oxygen atoms in total. The molecule has 1 heterocycles. The van der Waals surface area contributed by atoms with Crippen LogP contribution < -0.4 is 15.4 Å². The van der Waals surface area contributed by atoms with Gasteiger partial charge in [-0.1, -0.05) is 17.7 Å². The van der Waals surface area contributed by atoms with E-state index in [1.165, 1.54) is 0 Å². The number of carbonyl (C=O) groups excluding carboxylic acids is 1. The minimum Gasteiger partial charge on any atom is -0.356 e. The summed E-state index contributed by atoms with van der Waals surface area (Å²) >= 11 is 0. The Kier molecular flexibility index (Phi) is 6.98. The van der Waals surface area contributed by atoms with Crippen molar-refractivity contribution in [2.45, 2.75) is 44.9 Å². The second-order valence-corrected chi connectivity index (χ2v) is 8.60. The first kappa shape index (κ1) is 19.9. The van der Waals surface area contributed by atoms with Crippen molar-refractivity contribution in [3.8, 4) is 0 Å². The Morgan fingerprint density at radius 2 is 1.92 bits per heavy atom. The summed E-state index contributed by atoms with van der Waals surface area (Å²) in [6, 6.07) is 3.71. The highest BCUT2D eigenvalue weighted by Crippen LogP contribution is 2.21. The van der Waals surface area contributed by atoms with Gasteiger partial charge in [0.2, 0.25) is 15.9 Å². The molecule has 1 aliphatic heterocycles. The van der Waals surface area contributed by atoms with Gasteiger partial charge in [0.15, 0.2) is 0 Å². The topological polar surface area (TPSA) is 87.3 Å². The fraction of sp³-hybridized carbons (Fsp3) is 0.611. The summed E-state index contributed by atoms with van der Waals surface area (Å²) < 4.78 is 27.6. The number of sulfonamides is 1. The Morgan fingerprint density at radius 3 is 2.52 bits per heavy atom. The van der Waals surface area contributed by atoms with Crippen LogP contribution in [0.5, 0.6) is 0 Å². The van der Waals surface area contributed by atoms with Crippen LogP contribution in [0.3, 0.4) is 0 Å². The summed E-state index contributed by atoms with van der Waals surface area (Å²) in [7, 11) is -3.61. The SMILES string of the molecule is Cc1cc(C)c(S(=O)(=O)NCCC(=O)NCC2CCCNC2)c(C)c1. The highest BCUT2D eigenvalue weighted by atomic mass is 32.2. The van der Waals surface area contributed by atoms with E-state index in [9.17, 15) is 13.2 Å². The molecule has 1 aromatic rings. The molecule has 0 aromatic heterocycles. The zero-order valence-electron chi connectivity index (χ0n) is 15.3. The maximum Gasteiger partial charge on any atom is 0.241 e. The molecule has 1 saturated heterocycles. The molecule has 7 heteroatoms. The van der Waals surface area contributed by atoms with Crippen molar-refractivity contribution >= 4 is 15.9 Å². The molecule has 1 atom stereocenters. The summed E-state index contributed by atoms with van der Waals surface area (Å²) in [5.41, 5.74) is 2.48. The predicted molar refractivity (Wildman–Crippen MR) is 99.1 cm³/mol. The lowest BCUT2D eigenvalue weighted by atomic mass is 10.00. The van der Waals surface area contributed by atoms with Crippen LogP contribution in [0.15, 0.2) is 17.0 Å². The van der Waals surface area contributed by atoms with Gasteiger partial charge in [0, 0.05) is 19.5 Å². The Balaban J connectivity index is 1.83. The van der Waals surface area contributed by atoms with Gasteiger partial charge in [0.05, 0.1) is 4.90 Å². The van der Waals surface area contributed by atoms with E-state index in [-0.39, 0.29) is 18.9 Å². The fourth-order valence-electron chi connectivity index (χ4n) is 3.41. The molecule has 0 radical (unpaired) electrons. The summed E-state index contributed by atoms with van der Waals surface area (Å²) in [6.07, 6.45) is 2.39. The normalized spacial score (nSPS) is 18.1. The average Bonchev–Trinajstić information content (AvgIpc) is 2.52. The van der Waals surface area contributed by atoms with Crippen molar-refractivity contribution in [1.82, 2.24) is 15.4 Å². The van der Waals surface area contributed by atoms with Gasteiger partial charge in [0.1, 0.15) is 0 Å². The van der Waals surface area contributed by atoms with Gasteiger partial charge in [-0.25, -0.2) is 13.1 Å². The number of hydrogen-bond acceptors (Lipinski definition) is 4. The molecule has 1 aliphatic rings. The molecular formula is C18H29N3O3S. The van der Waals surface area contributed by atoms with Crippen molar-refractivity contribution in [3.63, 3.8) is 0 Å². The highest BCUT2D eigenvalue weighted by Gasteiger charge is 2.20. The number of nitrogens with one attached hydrogen (secondary N) is 3. The lowest BCUT2D eigenvalue weighted by molar-refractivity contribution is -0.121. The molecule has 0 spiro atoms. The molecule has 0 aliphatic carbocycles. The van der Waals surface area contributed by atoms with Crippen molar-refractivity contribution in [2.75, 3.05) is 26.2 Å². The first-order valence-electron chi connectivity index (χ1n) is 8.84. The third-order valence-electron chi connectivity index (χ3n) is 4.50. The molecule has 140 valence electrons. The molecule has 2 rings (SSSR count). The number of hydrogen-bond donors (Lipinski definition) is 3. The predicted octanol–water partition coefficient (Wildman–Crippen LogP) is 1.40. The smallest absolute Gasteiger partial charge is 0.241 e. The molecule has 0 bridgehead atoms. The van der Waals surface area contributed by atoms with Crippen LogP contribution in [0.1, 0.15) is 36.0 Å². The zero-order chi connectivity index (χ0) is 18.4. The number of rotatable bonds is 7. The zero-order valence-corrected chi connectivity index (χ0v) is 16.1. The van der Waals surface area contributed by atoms with Gasteiger partial charge in [-0.3, -0.25) is 4.79 Å².